The van der Waals surface area contributed by atoms with E-state index in [1.807, 2.05) is 73.2 Å². The van der Waals surface area contributed by atoms with Crippen LogP contribution >= 0.6 is 0 Å². The molecule has 0 bridgehead atoms. The van der Waals surface area contributed by atoms with Crippen molar-refractivity contribution in [2.75, 3.05) is 23.8 Å². The van der Waals surface area contributed by atoms with Gasteiger partial charge in [-0.1, -0.05) is 78.8 Å². The predicted molar refractivity (Wildman–Crippen MR) is 296 cm³/mol. The van der Waals surface area contributed by atoms with E-state index in [2.05, 4.69) is 50.4 Å². The zero-order chi connectivity index (χ0) is 57.5. The second-order valence-corrected chi connectivity index (χ2v) is 24.7. The Morgan fingerprint density at radius 1 is 0.605 bits per heavy atom. The number of aliphatic hydroxyl groups excluding tert-OH is 3. The highest BCUT2D eigenvalue weighted by molar-refractivity contribution is 7.86. The predicted octanol–water partition coefficient (Wildman–Crippen LogP) is 10.9. The first-order valence-corrected chi connectivity index (χ1v) is 27.5. The molecule has 2 fully saturated rings. The van der Waals surface area contributed by atoms with Crippen molar-refractivity contribution in [2.45, 2.75) is 146 Å². The number of ether oxygens (including phenoxy) is 4. The van der Waals surface area contributed by atoms with Crippen LogP contribution in [0.2, 0.25) is 0 Å². The Morgan fingerprint density at radius 3 is 1.41 bits per heavy atom. The van der Waals surface area contributed by atoms with E-state index in [0.717, 1.165) is 38.8 Å². The molecule has 0 spiro atoms. The summed E-state index contributed by atoms with van der Waals surface area (Å²) in [5, 5.41) is 37.9. The van der Waals surface area contributed by atoms with Gasteiger partial charge in [0.2, 0.25) is 11.8 Å². The van der Waals surface area contributed by atoms with Crippen molar-refractivity contribution < 1.29 is 74.0 Å². The number of nitrogens with zero attached hydrogens (tertiary/aromatic N) is 2. The van der Waals surface area contributed by atoms with Gasteiger partial charge in [0.05, 0.1) is 54.2 Å². The fourth-order valence-electron chi connectivity index (χ4n) is 10.3. The molecule has 0 radical (unpaired) electrons. The molecule has 81 heavy (non-hydrogen) atoms. The number of benzene rings is 5. The summed E-state index contributed by atoms with van der Waals surface area (Å²) in [6.07, 6.45) is -7.14. The highest BCUT2D eigenvalue weighted by Crippen LogP contribution is 2.54. The van der Waals surface area contributed by atoms with E-state index in [1.54, 1.807) is 36.4 Å². The smallest absolute Gasteiger partial charge is 0.395 e. The molecule has 7 aromatic rings. The number of carbonyl (C=O) groups is 2. The van der Waals surface area contributed by atoms with E-state index in [-0.39, 0.29) is 77.7 Å². The minimum atomic E-state index is -4.04. The first-order chi connectivity index (χ1) is 37.5. The Bertz CT molecular complexity index is 3670. The van der Waals surface area contributed by atoms with Crippen LogP contribution in [0.25, 0.3) is 21.8 Å². The summed E-state index contributed by atoms with van der Waals surface area (Å²) in [6, 6.07) is 30.2. The van der Waals surface area contributed by atoms with Gasteiger partial charge in [0, 0.05) is 55.4 Å². The van der Waals surface area contributed by atoms with E-state index < -0.39 is 52.4 Å². The number of halogens is 4. The lowest BCUT2D eigenvalue weighted by Crippen LogP contribution is -2.28. The Morgan fingerprint density at radius 2 is 1.01 bits per heavy atom. The molecule has 2 aliphatic carbocycles. The van der Waals surface area contributed by atoms with Gasteiger partial charge in [-0.2, -0.15) is 8.42 Å². The molecular weight excluding hydrogens is 1080 g/mol. The quantitative estimate of drug-likeness (QED) is 0.0480. The normalized spacial score (nSPS) is 17.6. The number of amides is 2. The maximum absolute atomic E-state index is 13.5. The number of nitrogens with one attached hydrogen (secondary N) is 2. The van der Waals surface area contributed by atoms with Gasteiger partial charge in [-0.25, -0.2) is 0 Å². The summed E-state index contributed by atoms with van der Waals surface area (Å²) in [5.74, 6) is -0.775. The fraction of sp³-hybridized carbons (Fsp3) is 0.400. The molecule has 2 aliphatic heterocycles. The van der Waals surface area contributed by atoms with Crippen molar-refractivity contribution >= 4 is 55.1 Å². The van der Waals surface area contributed by atoms with Crippen LogP contribution in [-0.4, -0.2) is 82.7 Å². The van der Waals surface area contributed by atoms with Crippen molar-refractivity contribution in [3.63, 3.8) is 0 Å². The number of carbonyl (C=O) groups excluding carboxylic acids is 2. The van der Waals surface area contributed by atoms with Crippen LogP contribution in [0.1, 0.15) is 103 Å². The summed E-state index contributed by atoms with van der Waals surface area (Å²) in [6.45, 7) is 13.7. The molecule has 0 saturated heterocycles. The Hall–Kier alpha value is -7.17. The molecule has 5 N–H and O–H groups in total. The Balaban J connectivity index is 0.000000199. The van der Waals surface area contributed by atoms with Crippen LogP contribution in [0, 0.1) is 6.92 Å². The third kappa shape index (κ3) is 12.0. The van der Waals surface area contributed by atoms with Gasteiger partial charge >= 0.3 is 12.6 Å². The maximum atomic E-state index is 13.5. The summed E-state index contributed by atoms with van der Waals surface area (Å²) in [5.41, 5.74) is 4.63. The van der Waals surface area contributed by atoms with E-state index in [9.17, 15) is 50.9 Å². The molecule has 2 amide bonds. The maximum Gasteiger partial charge on any atom is 0.586 e. The standard InChI is InChI=1S/C33H34F2N2O7S.C26H28F2N2O5.CH4/c1-20-5-9-25(10-6-20)45(40,41)42-19-24(38)18-37-26-11-8-23(15-21(26)16-29(37)31(2,3)4)36-30(39)32(13-14-32)22-7-12-27-28(17-22)44-33(34,35)43-27;1-24(2,3)22-11-15-10-17(5-6-19(15)30(22)13-18(32)14-31)29-23(33)25(8-9-25)16-4-7-20-21(12-16)35-26(27,28)34-20;/h5-12,15-17,24,38H,13-14,18-19H2,1-4H3,(H,36,39);4-7,10-12,18,31-32H,8-9,13-14H2,1-3H3,(H,29,33);1H4/t24-;18-;/m11./s1. The van der Waals surface area contributed by atoms with Crippen LogP contribution in [-0.2, 0) is 58.6 Å². The molecule has 2 saturated carbocycles. The van der Waals surface area contributed by atoms with Crippen LogP contribution in [0.5, 0.6) is 23.0 Å². The summed E-state index contributed by atoms with van der Waals surface area (Å²) in [7, 11) is -4.04. The van der Waals surface area contributed by atoms with Gasteiger partial charge < -0.3 is 54.0 Å². The lowest BCUT2D eigenvalue weighted by Gasteiger charge is -2.24. The molecule has 432 valence electrons. The minimum Gasteiger partial charge on any atom is -0.395 e. The molecule has 4 heterocycles. The topological polar surface area (TPSA) is 209 Å². The van der Waals surface area contributed by atoms with Gasteiger partial charge in [0.25, 0.3) is 10.1 Å². The third-order valence-electron chi connectivity index (χ3n) is 14.9. The van der Waals surface area contributed by atoms with Gasteiger partial charge in [0.15, 0.2) is 23.0 Å². The van der Waals surface area contributed by atoms with Gasteiger partial charge in [-0.15, -0.1) is 17.6 Å². The molecule has 11 rings (SSSR count). The lowest BCUT2D eigenvalue weighted by molar-refractivity contribution is -0.287. The average Bonchev–Trinajstić information content (AvgIpc) is 3.84. The number of aryl methyl sites for hydroxylation is 1. The number of rotatable bonds is 15. The van der Waals surface area contributed by atoms with E-state index in [0.29, 0.717) is 48.2 Å². The van der Waals surface area contributed by atoms with Crippen molar-refractivity contribution in [2.24, 2.45) is 0 Å². The molecule has 4 aliphatic rings. The van der Waals surface area contributed by atoms with Crippen molar-refractivity contribution in [1.29, 1.82) is 0 Å². The monoisotopic (exact) mass is 1140 g/mol. The summed E-state index contributed by atoms with van der Waals surface area (Å²) >= 11 is 0. The second kappa shape index (κ2) is 21.0. The number of hydrogen-bond donors (Lipinski definition) is 5. The highest BCUT2D eigenvalue weighted by atomic mass is 32.2. The third-order valence-corrected chi connectivity index (χ3v) is 16.2. The van der Waals surface area contributed by atoms with E-state index >= 15 is 0 Å². The number of hydrogen-bond acceptors (Lipinski definition) is 12. The molecular formula is C60H66F4N4O12S. The van der Waals surface area contributed by atoms with E-state index in [4.69, 9.17) is 4.18 Å². The number of aliphatic hydroxyl groups is 3. The fourth-order valence-corrected chi connectivity index (χ4v) is 11.3. The number of alkyl halides is 4. The zero-order valence-electron chi connectivity index (χ0n) is 45.0. The van der Waals surface area contributed by atoms with Crippen LogP contribution < -0.4 is 29.6 Å². The SMILES string of the molecule is C.CC(C)(C)c1cc2cc(NC(=O)C3(c4ccc5c(c4)OC(F)(F)O5)CC3)ccc2n1C[C@@H](O)CO.Cc1ccc(S(=O)(=O)OC[C@H](O)Cn2c(C(C)(C)C)cc3cc(NC(=O)C4(c5ccc6c(c5)OC(F)(F)O6)CC4)ccc32)cc1. The minimum absolute atomic E-state index is 0. The zero-order valence-corrected chi connectivity index (χ0v) is 45.9. The number of fused-ring (bicyclic) bond motifs is 4. The van der Waals surface area contributed by atoms with Gasteiger partial charge in [-0.05, 0) is 129 Å². The Labute approximate surface area is 466 Å². The Kier molecular flexibility index (Phi) is 15.1. The molecule has 0 unspecified atom stereocenters. The van der Waals surface area contributed by atoms with Gasteiger partial charge in [-0.3, -0.25) is 13.8 Å². The summed E-state index contributed by atoms with van der Waals surface area (Å²) < 4.78 is 106. The van der Waals surface area contributed by atoms with Crippen LogP contribution in [0.3, 0.4) is 0 Å². The van der Waals surface area contributed by atoms with Crippen molar-refractivity contribution in [1.82, 2.24) is 9.13 Å². The highest BCUT2D eigenvalue weighted by Gasteiger charge is 2.54. The molecule has 16 nitrogen and oxygen atoms in total. The summed E-state index contributed by atoms with van der Waals surface area (Å²) in [4.78, 5) is 26.8. The molecule has 21 heteroatoms. The van der Waals surface area contributed by atoms with Gasteiger partial charge in [0.1, 0.15) is 0 Å². The lowest BCUT2D eigenvalue weighted by atomic mass is 9.92. The first-order valence-electron chi connectivity index (χ1n) is 26.1. The molecule has 2 atom stereocenters. The van der Waals surface area contributed by atoms with E-state index in [1.165, 1.54) is 36.4 Å². The molecule has 2 aromatic heterocycles. The second-order valence-electron chi connectivity index (χ2n) is 23.1. The largest absolute Gasteiger partial charge is 0.586 e. The molecule has 5 aromatic carbocycles. The number of anilines is 2. The number of aromatic nitrogens is 2. The van der Waals surface area contributed by atoms with Crippen molar-refractivity contribution in [3.05, 3.63) is 137 Å². The average molecular weight is 1140 g/mol. The van der Waals surface area contributed by atoms with Crippen LogP contribution in [0.4, 0.5) is 28.9 Å². The first kappa shape index (κ1) is 58.5. The van der Waals surface area contributed by atoms with Crippen molar-refractivity contribution in [3.8, 4) is 23.0 Å². The van der Waals surface area contributed by atoms with Crippen LogP contribution in [0.15, 0.2) is 114 Å².